The van der Waals surface area contributed by atoms with E-state index in [0.717, 1.165) is 19.0 Å². The highest BCUT2D eigenvalue weighted by Gasteiger charge is 2.20. The van der Waals surface area contributed by atoms with Crippen LogP contribution in [0.2, 0.25) is 0 Å². The van der Waals surface area contributed by atoms with Gasteiger partial charge in [0.2, 0.25) is 0 Å². The van der Waals surface area contributed by atoms with Gasteiger partial charge in [0.15, 0.2) is 0 Å². The van der Waals surface area contributed by atoms with Crippen LogP contribution in [0, 0.1) is 5.92 Å². The van der Waals surface area contributed by atoms with Crippen LogP contribution in [0.5, 0.6) is 0 Å². The molecule has 1 N–H and O–H groups in total. The maximum Gasteiger partial charge on any atom is 0.0414 e. The molecule has 2 nitrogen and oxygen atoms in total. The first kappa shape index (κ1) is 13.9. The number of nitrogens with one attached hydrogen (secondary N) is 1. The van der Waals surface area contributed by atoms with Crippen LogP contribution in [0.1, 0.15) is 50.2 Å². The summed E-state index contributed by atoms with van der Waals surface area (Å²) in [4.78, 5) is 2.65. The van der Waals surface area contributed by atoms with Crippen LogP contribution in [0.3, 0.4) is 0 Å². The van der Waals surface area contributed by atoms with Crippen molar-refractivity contribution in [3.8, 4) is 0 Å². The lowest BCUT2D eigenvalue weighted by Crippen LogP contribution is -2.30. The Balaban J connectivity index is 1.76. The normalized spacial score (nSPS) is 23.2. The zero-order valence-electron chi connectivity index (χ0n) is 12.8. The molecule has 0 radical (unpaired) electrons. The van der Waals surface area contributed by atoms with E-state index in [4.69, 9.17) is 0 Å². The molecular weight excluding hydrogens is 244 g/mol. The summed E-state index contributed by atoms with van der Waals surface area (Å²) in [5.41, 5.74) is 4.63. The first-order valence-corrected chi connectivity index (χ1v) is 8.45. The predicted octanol–water partition coefficient (Wildman–Crippen LogP) is 3.74. The maximum atomic E-state index is 3.54. The fraction of sp³-hybridized carbons (Fsp3) is 0.667. The summed E-state index contributed by atoms with van der Waals surface area (Å²) in [7, 11) is 0. The molecule has 0 saturated carbocycles. The van der Waals surface area contributed by atoms with Gasteiger partial charge in [-0.3, -0.25) is 0 Å². The van der Waals surface area contributed by atoms with Crippen molar-refractivity contribution in [1.82, 2.24) is 5.32 Å². The lowest BCUT2D eigenvalue weighted by molar-refractivity contribution is 0.435. The molecule has 2 heteroatoms. The van der Waals surface area contributed by atoms with Crippen LogP contribution in [0.15, 0.2) is 18.2 Å². The van der Waals surface area contributed by atoms with Gasteiger partial charge in [0.1, 0.15) is 0 Å². The zero-order valence-corrected chi connectivity index (χ0v) is 12.8. The smallest absolute Gasteiger partial charge is 0.0414 e. The van der Waals surface area contributed by atoms with E-state index in [1.165, 1.54) is 57.3 Å². The van der Waals surface area contributed by atoms with Gasteiger partial charge in [0, 0.05) is 25.3 Å². The Morgan fingerprint density at radius 3 is 3.10 bits per heavy atom. The minimum atomic E-state index is 0.961. The van der Waals surface area contributed by atoms with Gasteiger partial charge in [0.05, 0.1) is 0 Å². The maximum absolute atomic E-state index is 3.54. The standard InChI is InChI=1S/C18H28N2/c1-2-5-15-6-4-12-20(13-10-15)18-8-3-7-16-9-11-19-14-17(16)18/h3,7-8,15,19H,2,4-6,9-14H2,1H3. The molecule has 0 amide bonds. The molecule has 110 valence electrons. The molecule has 0 bridgehead atoms. The van der Waals surface area contributed by atoms with Crippen LogP contribution < -0.4 is 10.2 Å². The molecule has 1 aromatic rings. The van der Waals surface area contributed by atoms with Gasteiger partial charge in [-0.05, 0) is 55.3 Å². The van der Waals surface area contributed by atoms with Crippen molar-refractivity contribution in [3.05, 3.63) is 29.3 Å². The molecule has 0 spiro atoms. The Kier molecular flexibility index (Phi) is 4.62. The summed E-state index contributed by atoms with van der Waals surface area (Å²) in [5, 5.41) is 3.54. The number of hydrogen-bond acceptors (Lipinski definition) is 2. The summed E-state index contributed by atoms with van der Waals surface area (Å²) in [6, 6.07) is 6.91. The summed E-state index contributed by atoms with van der Waals surface area (Å²) in [5.74, 6) is 0.961. The molecule has 1 atom stereocenters. The fourth-order valence-corrected chi connectivity index (χ4v) is 3.90. The van der Waals surface area contributed by atoms with Gasteiger partial charge in [-0.25, -0.2) is 0 Å². The predicted molar refractivity (Wildman–Crippen MR) is 86.3 cm³/mol. The Labute approximate surface area is 123 Å². The van der Waals surface area contributed by atoms with E-state index in [0.29, 0.717) is 0 Å². The Morgan fingerprint density at radius 1 is 1.25 bits per heavy atom. The van der Waals surface area contributed by atoms with Gasteiger partial charge in [-0.2, -0.15) is 0 Å². The molecule has 3 rings (SSSR count). The van der Waals surface area contributed by atoms with E-state index in [1.54, 1.807) is 11.1 Å². The van der Waals surface area contributed by atoms with E-state index in [9.17, 15) is 0 Å². The number of hydrogen-bond donors (Lipinski definition) is 1. The molecule has 2 heterocycles. The average Bonchev–Trinajstić information content (AvgIpc) is 2.73. The minimum Gasteiger partial charge on any atom is -0.371 e. The molecule has 20 heavy (non-hydrogen) atoms. The summed E-state index contributed by atoms with van der Waals surface area (Å²) >= 11 is 0. The second-order valence-electron chi connectivity index (χ2n) is 6.41. The molecule has 1 fully saturated rings. The number of nitrogens with zero attached hydrogens (tertiary/aromatic N) is 1. The van der Waals surface area contributed by atoms with E-state index in [1.807, 2.05) is 0 Å². The average molecular weight is 272 g/mol. The summed E-state index contributed by atoms with van der Waals surface area (Å²) in [6.07, 6.45) is 8.12. The molecule has 1 saturated heterocycles. The molecular formula is C18H28N2. The van der Waals surface area contributed by atoms with Gasteiger partial charge >= 0.3 is 0 Å². The number of fused-ring (bicyclic) bond motifs is 1. The second kappa shape index (κ2) is 6.62. The third-order valence-corrected chi connectivity index (χ3v) is 5.01. The van der Waals surface area contributed by atoms with Crippen molar-refractivity contribution in [2.45, 2.75) is 52.0 Å². The van der Waals surface area contributed by atoms with Crippen molar-refractivity contribution < 1.29 is 0 Å². The highest BCUT2D eigenvalue weighted by atomic mass is 15.1. The SMILES string of the molecule is CCCC1CCCN(c2cccc3c2CNCC3)CC1. The molecule has 1 unspecified atom stereocenters. The summed E-state index contributed by atoms with van der Waals surface area (Å²) < 4.78 is 0. The third-order valence-electron chi connectivity index (χ3n) is 5.01. The Hall–Kier alpha value is -1.02. The van der Waals surface area contributed by atoms with Crippen molar-refractivity contribution in [2.24, 2.45) is 5.92 Å². The molecule has 0 aromatic heterocycles. The molecule has 1 aromatic carbocycles. The van der Waals surface area contributed by atoms with E-state index >= 15 is 0 Å². The number of anilines is 1. The first-order chi connectivity index (χ1) is 9.88. The molecule has 2 aliphatic rings. The van der Waals surface area contributed by atoms with Crippen LogP contribution >= 0.6 is 0 Å². The van der Waals surface area contributed by atoms with Gasteiger partial charge < -0.3 is 10.2 Å². The highest BCUT2D eigenvalue weighted by molar-refractivity contribution is 5.57. The van der Waals surface area contributed by atoms with Crippen molar-refractivity contribution in [3.63, 3.8) is 0 Å². The van der Waals surface area contributed by atoms with Gasteiger partial charge in [-0.15, -0.1) is 0 Å². The van der Waals surface area contributed by atoms with Crippen LogP contribution in [0.4, 0.5) is 5.69 Å². The van der Waals surface area contributed by atoms with E-state index in [2.05, 4.69) is 35.3 Å². The Morgan fingerprint density at radius 2 is 2.20 bits per heavy atom. The van der Waals surface area contributed by atoms with Crippen LogP contribution in [-0.4, -0.2) is 19.6 Å². The largest absolute Gasteiger partial charge is 0.371 e. The quantitative estimate of drug-likeness (QED) is 0.901. The third kappa shape index (κ3) is 3.01. The van der Waals surface area contributed by atoms with Crippen LogP contribution in [0.25, 0.3) is 0 Å². The lowest BCUT2D eigenvalue weighted by atomic mass is 9.96. The number of benzene rings is 1. The second-order valence-corrected chi connectivity index (χ2v) is 6.41. The highest BCUT2D eigenvalue weighted by Crippen LogP contribution is 2.30. The molecule has 0 aliphatic carbocycles. The Bertz CT molecular complexity index is 441. The van der Waals surface area contributed by atoms with Gasteiger partial charge in [0.25, 0.3) is 0 Å². The number of rotatable bonds is 3. The van der Waals surface area contributed by atoms with Crippen molar-refractivity contribution in [2.75, 3.05) is 24.5 Å². The topological polar surface area (TPSA) is 15.3 Å². The minimum absolute atomic E-state index is 0.961. The van der Waals surface area contributed by atoms with E-state index < -0.39 is 0 Å². The summed E-state index contributed by atoms with van der Waals surface area (Å²) in [6.45, 7) is 7.01. The van der Waals surface area contributed by atoms with E-state index in [-0.39, 0.29) is 0 Å². The molecule has 2 aliphatic heterocycles. The monoisotopic (exact) mass is 272 g/mol. The van der Waals surface area contributed by atoms with Crippen LogP contribution in [-0.2, 0) is 13.0 Å². The zero-order chi connectivity index (χ0) is 13.8. The lowest BCUT2D eigenvalue weighted by Gasteiger charge is -2.29. The fourth-order valence-electron chi connectivity index (χ4n) is 3.90. The van der Waals surface area contributed by atoms with Gasteiger partial charge in [-0.1, -0.05) is 31.9 Å². The van der Waals surface area contributed by atoms with Crippen molar-refractivity contribution in [1.29, 1.82) is 0 Å². The van der Waals surface area contributed by atoms with Crippen molar-refractivity contribution >= 4 is 5.69 Å². The first-order valence-electron chi connectivity index (χ1n) is 8.45.